The van der Waals surface area contributed by atoms with Gasteiger partial charge < -0.3 is 0 Å². The summed E-state index contributed by atoms with van der Waals surface area (Å²) in [5.41, 5.74) is 8.62. The number of fused-ring (bicyclic) bond motifs is 5. The van der Waals surface area contributed by atoms with Gasteiger partial charge in [0.05, 0.1) is 0 Å². The molecule has 0 unspecified atom stereocenters. The Bertz CT molecular complexity index is 738. The van der Waals surface area contributed by atoms with Crippen molar-refractivity contribution in [2.75, 3.05) is 0 Å². The van der Waals surface area contributed by atoms with E-state index in [0.29, 0.717) is 0 Å². The highest BCUT2D eigenvalue weighted by molar-refractivity contribution is 5.83. The first-order valence-corrected chi connectivity index (χ1v) is 8.28. The molecule has 22 heavy (non-hydrogen) atoms. The van der Waals surface area contributed by atoms with Gasteiger partial charge >= 0.3 is 0 Å². The second-order valence-electron chi connectivity index (χ2n) is 6.75. The minimum Gasteiger partial charge on any atom is -0.0845 e. The van der Waals surface area contributed by atoms with Crippen LogP contribution in [0.5, 0.6) is 0 Å². The monoisotopic (exact) mass is 286 g/mol. The van der Waals surface area contributed by atoms with Gasteiger partial charge in [-0.25, -0.2) is 0 Å². The van der Waals surface area contributed by atoms with Crippen LogP contribution in [0.1, 0.15) is 41.5 Å². The number of allylic oxidation sites excluding steroid dienone is 4. The van der Waals surface area contributed by atoms with Crippen LogP contribution < -0.4 is 0 Å². The molecule has 0 heterocycles. The Morgan fingerprint density at radius 1 is 0.818 bits per heavy atom. The summed E-state index contributed by atoms with van der Waals surface area (Å²) in [5, 5.41) is 0. The molecule has 0 fully saturated rings. The maximum Gasteiger partial charge on any atom is 0.0397 e. The third-order valence-corrected chi connectivity index (χ3v) is 5.17. The summed E-state index contributed by atoms with van der Waals surface area (Å²) < 4.78 is 0. The van der Waals surface area contributed by atoms with Crippen LogP contribution >= 0.6 is 0 Å². The molecule has 0 heteroatoms. The van der Waals surface area contributed by atoms with Crippen LogP contribution in [-0.2, 0) is 5.41 Å². The molecule has 0 amide bonds. The Morgan fingerprint density at radius 3 is 2.09 bits per heavy atom. The van der Waals surface area contributed by atoms with Crippen LogP contribution in [0.3, 0.4) is 0 Å². The van der Waals surface area contributed by atoms with Gasteiger partial charge in [0.25, 0.3) is 0 Å². The molecule has 0 aromatic heterocycles. The van der Waals surface area contributed by atoms with E-state index in [-0.39, 0.29) is 5.41 Å². The summed E-state index contributed by atoms with van der Waals surface area (Å²) in [4.78, 5) is 0. The lowest BCUT2D eigenvalue weighted by molar-refractivity contribution is 0.562. The average Bonchev–Trinajstić information content (AvgIpc) is 2.73. The van der Waals surface area contributed by atoms with Gasteiger partial charge in [-0.3, -0.25) is 0 Å². The van der Waals surface area contributed by atoms with Gasteiger partial charge in [0.2, 0.25) is 0 Å². The Labute approximate surface area is 133 Å². The summed E-state index contributed by atoms with van der Waals surface area (Å²) >= 11 is 0. The topological polar surface area (TPSA) is 0 Å². The van der Waals surface area contributed by atoms with E-state index < -0.39 is 0 Å². The van der Waals surface area contributed by atoms with Crippen molar-refractivity contribution in [2.24, 2.45) is 0 Å². The maximum absolute atomic E-state index is 2.44. The van der Waals surface area contributed by atoms with Crippen molar-refractivity contribution in [3.05, 3.63) is 83.0 Å². The van der Waals surface area contributed by atoms with E-state index >= 15 is 0 Å². The summed E-state index contributed by atoms with van der Waals surface area (Å²) in [5.74, 6) is 0. The quantitative estimate of drug-likeness (QED) is 0.568. The van der Waals surface area contributed by atoms with E-state index in [9.17, 15) is 0 Å². The summed E-state index contributed by atoms with van der Waals surface area (Å²) in [6.07, 6.45) is 12.8. The molecule has 2 aliphatic carbocycles. The minimum atomic E-state index is 0.0630. The molecule has 0 aliphatic heterocycles. The lowest BCUT2D eigenvalue weighted by Gasteiger charge is -2.30. The molecule has 4 rings (SSSR count). The molecule has 2 aromatic rings. The SMILES string of the molecule is Cc1ccc2c(c1)C1(C=CC=CCCC1)c1cc(C)ccc1-2. The van der Waals surface area contributed by atoms with Gasteiger partial charge in [0.15, 0.2) is 0 Å². The van der Waals surface area contributed by atoms with Gasteiger partial charge in [0, 0.05) is 5.41 Å². The number of aryl methyl sites for hydroxylation is 2. The highest BCUT2D eigenvalue weighted by atomic mass is 14.4. The second kappa shape index (κ2) is 4.98. The Hall–Kier alpha value is -2.08. The fourth-order valence-corrected chi connectivity index (χ4v) is 4.09. The number of benzene rings is 2. The van der Waals surface area contributed by atoms with Gasteiger partial charge in [-0.2, -0.15) is 0 Å². The third-order valence-electron chi connectivity index (χ3n) is 5.17. The Balaban J connectivity index is 2.05. The van der Waals surface area contributed by atoms with E-state index in [1.807, 2.05) is 0 Å². The van der Waals surface area contributed by atoms with E-state index in [1.165, 1.54) is 52.6 Å². The largest absolute Gasteiger partial charge is 0.0845 e. The first-order chi connectivity index (χ1) is 10.7. The van der Waals surface area contributed by atoms with Crippen molar-refractivity contribution in [3.8, 4) is 11.1 Å². The molecule has 0 atom stereocenters. The fourth-order valence-electron chi connectivity index (χ4n) is 4.09. The fraction of sp³-hybridized carbons (Fsp3) is 0.273. The van der Waals surface area contributed by atoms with Crippen LogP contribution in [0.15, 0.2) is 60.7 Å². The van der Waals surface area contributed by atoms with Crippen LogP contribution in [-0.4, -0.2) is 0 Å². The maximum atomic E-state index is 2.44. The molecule has 0 radical (unpaired) electrons. The first-order valence-electron chi connectivity index (χ1n) is 8.28. The molecule has 0 bridgehead atoms. The zero-order valence-corrected chi connectivity index (χ0v) is 13.4. The summed E-state index contributed by atoms with van der Waals surface area (Å²) in [7, 11) is 0. The molecule has 2 aromatic carbocycles. The predicted molar refractivity (Wildman–Crippen MR) is 94.3 cm³/mol. The molecule has 0 N–H and O–H groups in total. The number of rotatable bonds is 0. The highest BCUT2D eigenvalue weighted by Crippen LogP contribution is 2.53. The number of hydrogen-bond acceptors (Lipinski definition) is 0. The normalized spacial score (nSPS) is 17.9. The van der Waals surface area contributed by atoms with Crippen molar-refractivity contribution in [3.63, 3.8) is 0 Å². The summed E-state index contributed by atoms with van der Waals surface area (Å²) in [6.45, 7) is 4.41. The smallest absolute Gasteiger partial charge is 0.0397 e. The summed E-state index contributed by atoms with van der Waals surface area (Å²) in [6, 6.07) is 13.9. The molecule has 0 nitrogen and oxygen atoms in total. The van der Waals surface area contributed by atoms with E-state index in [4.69, 9.17) is 0 Å². The highest BCUT2D eigenvalue weighted by Gasteiger charge is 2.40. The lowest BCUT2D eigenvalue weighted by atomic mass is 9.73. The Kier molecular flexibility index (Phi) is 3.07. The van der Waals surface area contributed by atoms with Gasteiger partial charge in [-0.1, -0.05) is 71.8 Å². The molecular formula is C22H22. The molecule has 0 saturated carbocycles. The van der Waals surface area contributed by atoms with Gasteiger partial charge in [0.1, 0.15) is 0 Å². The zero-order chi connectivity index (χ0) is 15.2. The molecule has 0 saturated heterocycles. The van der Waals surface area contributed by atoms with Crippen molar-refractivity contribution in [2.45, 2.75) is 38.5 Å². The van der Waals surface area contributed by atoms with Crippen LogP contribution in [0, 0.1) is 13.8 Å². The van der Waals surface area contributed by atoms with Crippen LogP contribution in [0.2, 0.25) is 0 Å². The van der Waals surface area contributed by atoms with Crippen LogP contribution in [0.4, 0.5) is 0 Å². The molecule has 2 aliphatic rings. The van der Waals surface area contributed by atoms with E-state index in [1.54, 1.807) is 0 Å². The Morgan fingerprint density at radius 2 is 1.45 bits per heavy atom. The van der Waals surface area contributed by atoms with Crippen molar-refractivity contribution >= 4 is 0 Å². The predicted octanol–water partition coefficient (Wildman–Crippen LogP) is 5.87. The second-order valence-corrected chi connectivity index (χ2v) is 6.75. The standard InChI is InChI=1S/C22H22/c1-16-8-10-18-19-11-9-17(2)15-21(19)22(20(18)14-16)12-6-4-3-5-7-13-22/h3-4,6,8-12,14-15H,5,7,13H2,1-2H3. The van der Waals surface area contributed by atoms with Gasteiger partial charge in [-0.05, 0) is 55.4 Å². The van der Waals surface area contributed by atoms with Crippen molar-refractivity contribution in [1.82, 2.24) is 0 Å². The first kappa shape index (κ1) is 13.6. The molecular weight excluding hydrogens is 264 g/mol. The van der Waals surface area contributed by atoms with E-state index in [2.05, 4.69) is 74.5 Å². The van der Waals surface area contributed by atoms with Gasteiger partial charge in [-0.15, -0.1) is 0 Å². The number of hydrogen-bond donors (Lipinski definition) is 0. The van der Waals surface area contributed by atoms with E-state index in [0.717, 1.165) is 0 Å². The van der Waals surface area contributed by atoms with Crippen molar-refractivity contribution < 1.29 is 0 Å². The zero-order valence-electron chi connectivity index (χ0n) is 13.4. The van der Waals surface area contributed by atoms with Crippen LogP contribution in [0.25, 0.3) is 11.1 Å². The minimum absolute atomic E-state index is 0.0630. The molecule has 110 valence electrons. The lowest BCUT2D eigenvalue weighted by Crippen LogP contribution is -2.23. The average molecular weight is 286 g/mol. The molecule has 1 spiro atoms. The third kappa shape index (κ3) is 1.90. The van der Waals surface area contributed by atoms with Crippen molar-refractivity contribution in [1.29, 1.82) is 0 Å².